The van der Waals surface area contributed by atoms with Gasteiger partial charge in [0.05, 0.1) is 27.9 Å². The Morgan fingerprint density at radius 2 is 0.685 bits per heavy atom. The first-order valence-corrected chi connectivity index (χ1v) is 25.4. The highest BCUT2D eigenvalue weighted by Crippen LogP contribution is 2.46. The second-order valence-corrected chi connectivity index (χ2v) is 19.1. The van der Waals surface area contributed by atoms with E-state index in [0.717, 1.165) is 24.2 Å². The number of para-hydroxylation sites is 3. The molecule has 14 rings (SSSR count). The molecule has 0 spiro atoms. The van der Waals surface area contributed by atoms with E-state index in [0.29, 0.717) is 0 Å². The lowest BCUT2D eigenvalue weighted by Gasteiger charge is -2.15. The lowest BCUT2D eigenvalue weighted by molar-refractivity contribution is 0.960. The highest BCUT2D eigenvalue weighted by Gasteiger charge is 2.27. The Kier molecular flexibility index (Phi) is 10.3. The molecule has 3 aromatic heterocycles. The normalized spacial score (nSPS) is 12.2. The van der Waals surface area contributed by atoms with Crippen molar-refractivity contribution in [3.05, 3.63) is 278 Å². The van der Waals surface area contributed by atoms with E-state index in [-0.39, 0.29) is 0 Å². The van der Waals surface area contributed by atoms with Gasteiger partial charge < -0.3 is 13.7 Å². The molecule has 0 unspecified atom stereocenters. The van der Waals surface area contributed by atoms with Gasteiger partial charge >= 0.3 is 0 Å². The summed E-state index contributed by atoms with van der Waals surface area (Å²) in [6, 6.07) is 95.4. The molecule has 10 aromatic carbocycles. The molecule has 1 aliphatic carbocycles. The van der Waals surface area contributed by atoms with Crippen molar-refractivity contribution in [2.75, 3.05) is 0 Å². The second kappa shape index (κ2) is 17.8. The first-order valence-electron chi connectivity index (χ1n) is 25.4. The van der Waals surface area contributed by atoms with Crippen LogP contribution in [-0.2, 0) is 6.42 Å². The van der Waals surface area contributed by atoms with Crippen LogP contribution in [0.3, 0.4) is 0 Å². The summed E-state index contributed by atoms with van der Waals surface area (Å²) in [4.78, 5) is 0. The predicted molar refractivity (Wildman–Crippen MR) is 307 cm³/mol. The zero-order chi connectivity index (χ0) is 48.2. The van der Waals surface area contributed by atoms with Crippen molar-refractivity contribution in [2.24, 2.45) is 0 Å². The predicted octanol–water partition coefficient (Wildman–Crippen LogP) is 18.5. The van der Waals surface area contributed by atoms with Crippen molar-refractivity contribution in [1.82, 2.24) is 13.7 Å². The van der Waals surface area contributed by atoms with Gasteiger partial charge in [-0.15, -0.1) is 0 Å². The molecule has 0 atom stereocenters. The van der Waals surface area contributed by atoms with Gasteiger partial charge in [0.2, 0.25) is 0 Å². The van der Waals surface area contributed by atoms with Crippen molar-refractivity contribution < 1.29 is 0 Å². The smallest absolute Gasteiger partial charge is 0.0619 e. The number of nitrogens with zero attached hydrogens (tertiary/aromatic N) is 3. The summed E-state index contributed by atoms with van der Waals surface area (Å²) in [7, 11) is 0. The Bertz CT molecular complexity index is 4180. The molecule has 0 amide bonds. The first kappa shape index (κ1) is 42.4. The SMILES string of the molecule is C1=Cc2c(c(-c3ccc(-n4c5ccc(-c6ccccc6)cc5c5cc(-c6ccc(-c7c(-c8ccccc8)n(-c8ccccc8)c8ccccc78)cc6)ccc54)cc3)c(-c3ccccc3)n2-c2ccccc2)CC1. The van der Waals surface area contributed by atoms with Crippen LogP contribution in [0.4, 0.5) is 0 Å². The summed E-state index contributed by atoms with van der Waals surface area (Å²) in [5.41, 5.74) is 24.2. The van der Waals surface area contributed by atoms with Crippen molar-refractivity contribution in [1.29, 1.82) is 0 Å². The molecule has 0 N–H and O–H groups in total. The van der Waals surface area contributed by atoms with E-state index in [1.807, 2.05) is 0 Å². The standard InChI is InChI=1S/C70H49N3/c1-6-20-48(21-7-1)54-40-44-65-61(46-54)62-47-55(49-34-36-50(37-35-49)67-59-30-16-18-32-63(59)72(56-26-12-4-13-27-56)69(67)52-22-8-2-9-23-52)41-45-66(62)71(65)58-42-38-51(39-43-58)68-60-31-17-19-33-64(60)73(57-28-14-5-15-29-57)70(68)53-24-10-3-11-25-53/h1-16,18-30,32-47H,17,31H2. The monoisotopic (exact) mass is 931 g/mol. The summed E-state index contributed by atoms with van der Waals surface area (Å²) < 4.78 is 7.34. The first-order chi connectivity index (χ1) is 36.2. The molecule has 0 fully saturated rings. The zero-order valence-electron chi connectivity index (χ0n) is 40.2. The van der Waals surface area contributed by atoms with Crippen LogP contribution >= 0.6 is 0 Å². The van der Waals surface area contributed by atoms with Crippen LogP contribution in [0.5, 0.6) is 0 Å². The number of rotatable bonds is 9. The molecule has 73 heavy (non-hydrogen) atoms. The van der Waals surface area contributed by atoms with E-state index in [4.69, 9.17) is 0 Å². The van der Waals surface area contributed by atoms with Gasteiger partial charge in [-0.2, -0.15) is 0 Å². The molecule has 3 nitrogen and oxygen atoms in total. The Hall–Kier alpha value is -9.44. The molecule has 1 aliphatic rings. The van der Waals surface area contributed by atoms with Gasteiger partial charge in [-0.25, -0.2) is 0 Å². The van der Waals surface area contributed by atoms with Crippen LogP contribution in [0, 0.1) is 0 Å². The number of fused-ring (bicyclic) bond motifs is 5. The summed E-state index contributed by atoms with van der Waals surface area (Å²) in [6.45, 7) is 0. The van der Waals surface area contributed by atoms with Crippen LogP contribution < -0.4 is 0 Å². The fraction of sp³-hybridized carbons (Fsp3) is 0.0286. The third kappa shape index (κ3) is 7.20. The van der Waals surface area contributed by atoms with E-state index in [9.17, 15) is 0 Å². The van der Waals surface area contributed by atoms with Gasteiger partial charge in [-0.05, 0) is 136 Å². The van der Waals surface area contributed by atoms with E-state index in [1.165, 1.54) is 117 Å². The highest BCUT2D eigenvalue weighted by atomic mass is 15.0. The van der Waals surface area contributed by atoms with Gasteiger partial charge in [-0.3, -0.25) is 0 Å². The van der Waals surface area contributed by atoms with Crippen molar-refractivity contribution >= 4 is 38.8 Å². The van der Waals surface area contributed by atoms with Gasteiger partial charge in [0.15, 0.2) is 0 Å². The van der Waals surface area contributed by atoms with Crippen LogP contribution in [0.1, 0.15) is 17.7 Å². The van der Waals surface area contributed by atoms with E-state index in [2.05, 4.69) is 287 Å². The average Bonchev–Trinajstić information content (AvgIpc) is 4.12. The van der Waals surface area contributed by atoms with Crippen molar-refractivity contribution in [3.8, 4) is 84.1 Å². The molecule has 0 radical (unpaired) electrons. The number of hydrogen-bond donors (Lipinski definition) is 0. The van der Waals surface area contributed by atoms with Crippen LogP contribution in [0.2, 0.25) is 0 Å². The van der Waals surface area contributed by atoms with E-state index >= 15 is 0 Å². The molecule has 0 saturated carbocycles. The Labute approximate surface area is 425 Å². The fourth-order valence-corrected chi connectivity index (χ4v) is 11.7. The number of allylic oxidation sites excluding steroid dienone is 1. The fourth-order valence-electron chi connectivity index (χ4n) is 11.7. The van der Waals surface area contributed by atoms with E-state index in [1.54, 1.807) is 0 Å². The maximum absolute atomic E-state index is 2.47. The van der Waals surface area contributed by atoms with Gasteiger partial charge in [-0.1, -0.05) is 200 Å². The topological polar surface area (TPSA) is 14.8 Å². The molecular weight excluding hydrogens is 883 g/mol. The number of aromatic nitrogens is 3. The van der Waals surface area contributed by atoms with Crippen molar-refractivity contribution in [3.63, 3.8) is 0 Å². The van der Waals surface area contributed by atoms with Crippen LogP contribution in [0.15, 0.2) is 267 Å². The lowest BCUT2D eigenvalue weighted by atomic mass is 9.92. The lowest BCUT2D eigenvalue weighted by Crippen LogP contribution is -2.01. The molecule has 344 valence electrons. The van der Waals surface area contributed by atoms with Gasteiger partial charge in [0, 0.05) is 50.0 Å². The number of hydrogen-bond acceptors (Lipinski definition) is 0. The van der Waals surface area contributed by atoms with Crippen LogP contribution in [-0.4, -0.2) is 13.7 Å². The maximum Gasteiger partial charge on any atom is 0.0619 e. The average molecular weight is 932 g/mol. The minimum atomic E-state index is 0.998. The Morgan fingerprint density at radius 1 is 0.274 bits per heavy atom. The quantitative estimate of drug-likeness (QED) is 0.137. The zero-order valence-corrected chi connectivity index (χ0v) is 40.2. The molecule has 13 aromatic rings. The minimum absolute atomic E-state index is 0.998. The Balaban J connectivity index is 0.903. The molecular formula is C70H49N3. The van der Waals surface area contributed by atoms with Gasteiger partial charge in [0.25, 0.3) is 0 Å². The molecule has 0 saturated heterocycles. The Morgan fingerprint density at radius 3 is 1.27 bits per heavy atom. The van der Waals surface area contributed by atoms with Crippen molar-refractivity contribution in [2.45, 2.75) is 12.8 Å². The maximum atomic E-state index is 2.47. The third-order valence-electron chi connectivity index (χ3n) is 14.9. The summed E-state index contributed by atoms with van der Waals surface area (Å²) in [5.74, 6) is 0. The summed E-state index contributed by atoms with van der Waals surface area (Å²) >= 11 is 0. The largest absolute Gasteiger partial charge is 0.309 e. The number of benzene rings is 10. The summed E-state index contributed by atoms with van der Waals surface area (Å²) in [5, 5.41) is 3.68. The molecule has 3 heteroatoms. The minimum Gasteiger partial charge on any atom is -0.309 e. The van der Waals surface area contributed by atoms with Crippen LogP contribution in [0.25, 0.3) is 123 Å². The van der Waals surface area contributed by atoms with E-state index < -0.39 is 0 Å². The van der Waals surface area contributed by atoms with Gasteiger partial charge in [0.1, 0.15) is 0 Å². The second-order valence-electron chi connectivity index (χ2n) is 19.1. The molecule has 0 bridgehead atoms. The molecule has 3 heterocycles. The highest BCUT2D eigenvalue weighted by molar-refractivity contribution is 6.12. The summed E-state index contributed by atoms with van der Waals surface area (Å²) in [6.07, 6.45) is 6.68. The molecule has 0 aliphatic heterocycles. The third-order valence-corrected chi connectivity index (χ3v) is 14.9.